The van der Waals surface area contributed by atoms with Crippen molar-refractivity contribution in [2.45, 2.75) is 16.7 Å². The molecule has 0 amide bonds. The summed E-state index contributed by atoms with van der Waals surface area (Å²) in [6.07, 6.45) is 3.51. The molecule has 0 saturated carbocycles. The molecule has 0 aliphatic heterocycles. The van der Waals surface area contributed by atoms with E-state index in [1.807, 2.05) is 48.0 Å². The Balaban J connectivity index is 2.11. The number of para-hydroxylation sites is 1. The van der Waals surface area contributed by atoms with Gasteiger partial charge in [0.2, 0.25) is 9.84 Å². The van der Waals surface area contributed by atoms with Crippen LogP contribution in [0.4, 0.5) is 0 Å². The van der Waals surface area contributed by atoms with Crippen LogP contribution >= 0.6 is 0 Å². The summed E-state index contributed by atoms with van der Waals surface area (Å²) in [5, 5.41) is 0. The summed E-state index contributed by atoms with van der Waals surface area (Å²) in [5.41, 5.74) is 1.68. The monoisotopic (exact) mass is 297 g/mol. The fourth-order valence-electron chi connectivity index (χ4n) is 2.29. The number of aryl methyl sites for hydroxylation is 1. The van der Waals surface area contributed by atoms with E-state index in [0.29, 0.717) is 9.79 Å². The Kier molecular flexibility index (Phi) is 3.39. The lowest BCUT2D eigenvalue weighted by Gasteiger charge is -2.03. The molecular weight excluding hydrogens is 282 g/mol. The average Bonchev–Trinajstić information content (AvgIpc) is 2.92. The Labute approximate surface area is 124 Å². The van der Waals surface area contributed by atoms with Crippen molar-refractivity contribution in [2.24, 2.45) is 0 Å². The van der Waals surface area contributed by atoms with Crippen molar-refractivity contribution in [2.75, 3.05) is 0 Å². The Morgan fingerprint density at radius 3 is 2.00 bits per heavy atom. The molecule has 0 unspecified atom stereocenters. The van der Waals surface area contributed by atoms with E-state index in [4.69, 9.17) is 0 Å². The molecule has 0 spiro atoms. The van der Waals surface area contributed by atoms with Crippen molar-refractivity contribution in [1.82, 2.24) is 4.57 Å². The molecule has 0 fully saturated rings. The van der Waals surface area contributed by atoms with Crippen molar-refractivity contribution in [3.8, 4) is 5.69 Å². The molecule has 0 aliphatic rings. The topological polar surface area (TPSA) is 39.1 Å². The Hall–Kier alpha value is -2.33. The van der Waals surface area contributed by atoms with Crippen LogP contribution in [0.3, 0.4) is 0 Å². The van der Waals surface area contributed by atoms with Gasteiger partial charge in [0.1, 0.15) is 0 Å². The Morgan fingerprint density at radius 2 is 1.38 bits per heavy atom. The van der Waals surface area contributed by atoms with Gasteiger partial charge >= 0.3 is 0 Å². The molecule has 106 valence electrons. The minimum atomic E-state index is -3.48. The number of rotatable bonds is 3. The smallest absolute Gasteiger partial charge is 0.208 e. The average molecular weight is 297 g/mol. The van der Waals surface area contributed by atoms with Crippen molar-refractivity contribution < 1.29 is 8.42 Å². The van der Waals surface area contributed by atoms with Crippen molar-refractivity contribution in [3.05, 3.63) is 78.6 Å². The highest BCUT2D eigenvalue weighted by Gasteiger charge is 2.21. The molecule has 0 N–H and O–H groups in total. The highest BCUT2D eigenvalue weighted by Crippen LogP contribution is 2.25. The second-order valence-corrected chi connectivity index (χ2v) is 6.78. The van der Waals surface area contributed by atoms with Crippen LogP contribution in [-0.4, -0.2) is 13.0 Å². The van der Waals surface area contributed by atoms with E-state index in [1.54, 1.807) is 36.5 Å². The number of hydrogen-bond acceptors (Lipinski definition) is 2. The molecular formula is C17H15NO2S. The second kappa shape index (κ2) is 5.22. The largest absolute Gasteiger partial charge is 0.322 e. The van der Waals surface area contributed by atoms with Crippen LogP contribution in [0.2, 0.25) is 0 Å². The Morgan fingerprint density at radius 1 is 0.810 bits per heavy atom. The van der Waals surface area contributed by atoms with Gasteiger partial charge in [-0.25, -0.2) is 8.42 Å². The maximum Gasteiger partial charge on any atom is 0.208 e. The highest BCUT2D eigenvalue weighted by atomic mass is 32.2. The van der Waals surface area contributed by atoms with Crippen LogP contribution in [0.25, 0.3) is 5.69 Å². The van der Waals surface area contributed by atoms with Gasteiger partial charge in [-0.2, -0.15) is 0 Å². The highest BCUT2D eigenvalue weighted by molar-refractivity contribution is 7.91. The third kappa shape index (κ3) is 2.50. The van der Waals surface area contributed by atoms with Crippen LogP contribution in [0, 0.1) is 6.92 Å². The predicted molar refractivity (Wildman–Crippen MR) is 82.4 cm³/mol. The van der Waals surface area contributed by atoms with Crippen molar-refractivity contribution in [3.63, 3.8) is 0 Å². The van der Waals surface area contributed by atoms with Crippen LogP contribution in [0.5, 0.6) is 0 Å². The summed E-state index contributed by atoms with van der Waals surface area (Å²) in [6, 6.07) is 18.2. The standard InChI is InChI=1S/C17H15NO2S/c1-14-12-18(15-8-4-2-5-9-15)13-17(14)21(19,20)16-10-6-3-7-11-16/h2-13H,1H3. The summed E-state index contributed by atoms with van der Waals surface area (Å²) < 4.78 is 27.2. The molecule has 1 heterocycles. The second-order valence-electron chi connectivity index (χ2n) is 4.86. The quantitative estimate of drug-likeness (QED) is 0.740. The third-order valence-corrected chi connectivity index (χ3v) is 5.27. The number of hydrogen-bond donors (Lipinski definition) is 0. The fourth-order valence-corrected chi connectivity index (χ4v) is 3.79. The zero-order valence-corrected chi connectivity index (χ0v) is 12.4. The van der Waals surface area contributed by atoms with Gasteiger partial charge in [-0.3, -0.25) is 0 Å². The maximum absolute atomic E-state index is 12.7. The zero-order valence-electron chi connectivity index (χ0n) is 11.6. The summed E-state index contributed by atoms with van der Waals surface area (Å²) >= 11 is 0. The van der Waals surface area contributed by atoms with Crippen LogP contribution < -0.4 is 0 Å². The molecule has 3 nitrogen and oxygen atoms in total. The van der Waals surface area contributed by atoms with E-state index < -0.39 is 9.84 Å². The van der Waals surface area contributed by atoms with E-state index in [2.05, 4.69) is 0 Å². The van der Waals surface area contributed by atoms with Gasteiger partial charge in [0.05, 0.1) is 9.79 Å². The molecule has 3 aromatic rings. The number of aromatic nitrogens is 1. The minimum Gasteiger partial charge on any atom is -0.322 e. The first-order chi connectivity index (χ1) is 10.1. The Bertz CT molecular complexity index is 850. The van der Waals surface area contributed by atoms with Gasteiger partial charge in [0.15, 0.2) is 0 Å². The molecule has 0 bridgehead atoms. The first-order valence-corrected chi connectivity index (χ1v) is 8.11. The molecule has 21 heavy (non-hydrogen) atoms. The van der Waals surface area contributed by atoms with Crippen LogP contribution in [0.15, 0.2) is 82.8 Å². The summed E-state index contributed by atoms with van der Waals surface area (Å²) in [7, 11) is -3.48. The summed E-state index contributed by atoms with van der Waals surface area (Å²) in [5.74, 6) is 0. The van der Waals surface area contributed by atoms with E-state index in [9.17, 15) is 8.42 Å². The van der Waals surface area contributed by atoms with Gasteiger partial charge in [-0.05, 0) is 36.8 Å². The lowest BCUT2D eigenvalue weighted by molar-refractivity contribution is 0.595. The molecule has 0 saturated heterocycles. The van der Waals surface area contributed by atoms with Gasteiger partial charge in [0.25, 0.3) is 0 Å². The molecule has 1 aromatic heterocycles. The first-order valence-electron chi connectivity index (χ1n) is 6.63. The fraction of sp³-hybridized carbons (Fsp3) is 0.0588. The van der Waals surface area contributed by atoms with Crippen molar-refractivity contribution in [1.29, 1.82) is 0 Å². The van der Waals surface area contributed by atoms with Gasteiger partial charge in [-0.15, -0.1) is 0 Å². The maximum atomic E-state index is 12.7. The number of sulfone groups is 1. The molecule has 4 heteroatoms. The van der Waals surface area contributed by atoms with E-state index in [0.717, 1.165) is 11.3 Å². The SMILES string of the molecule is Cc1cn(-c2ccccc2)cc1S(=O)(=O)c1ccccc1. The van der Waals surface area contributed by atoms with Crippen LogP contribution in [0.1, 0.15) is 5.56 Å². The zero-order chi connectivity index (χ0) is 14.9. The first kappa shape index (κ1) is 13.6. The molecule has 2 aromatic carbocycles. The van der Waals surface area contributed by atoms with Gasteiger partial charge < -0.3 is 4.57 Å². The normalized spacial score (nSPS) is 11.5. The predicted octanol–water partition coefficient (Wildman–Crippen LogP) is 3.62. The van der Waals surface area contributed by atoms with E-state index >= 15 is 0 Å². The molecule has 0 atom stereocenters. The number of nitrogens with zero attached hydrogens (tertiary/aromatic N) is 1. The van der Waals surface area contributed by atoms with E-state index in [1.165, 1.54) is 0 Å². The molecule has 0 radical (unpaired) electrons. The third-order valence-electron chi connectivity index (χ3n) is 3.38. The lowest BCUT2D eigenvalue weighted by Crippen LogP contribution is -2.02. The van der Waals surface area contributed by atoms with Crippen LogP contribution in [-0.2, 0) is 9.84 Å². The van der Waals surface area contributed by atoms with E-state index in [-0.39, 0.29) is 0 Å². The summed E-state index contributed by atoms with van der Waals surface area (Å²) in [4.78, 5) is 0.663. The van der Waals surface area contributed by atoms with Gasteiger partial charge in [0, 0.05) is 18.1 Å². The minimum absolute atomic E-state index is 0.318. The molecule has 0 aliphatic carbocycles. The molecule has 3 rings (SSSR count). The summed E-state index contributed by atoms with van der Waals surface area (Å²) in [6.45, 7) is 1.81. The van der Waals surface area contributed by atoms with Crippen molar-refractivity contribution >= 4 is 9.84 Å². The lowest BCUT2D eigenvalue weighted by atomic mass is 10.3. The number of benzene rings is 2. The van der Waals surface area contributed by atoms with Gasteiger partial charge in [-0.1, -0.05) is 36.4 Å².